The van der Waals surface area contributed by atoms with E-state index in [4.69, 9.17) is 9.84 Å². The fourth-order valence-electron chi connectivity index (χ4n) is 1.77. The predicted octanol–water partition coefficient (Wildman–Crippen LogP) is 2.11. The van der Waals surface area contributed by atoms with Gasteiger partial charge in [0.15, 0.2) is 0 Å². The number of cyclic esters (lactones) is 1. The van der Waals surface area contributed by atoms with Crippen molar-refractivity contribution in [1.29, 1.82) is 0 Å². The first kappa shape index (κ1) is 9.77. The molecule has 0 spiro atoms. The number of phenols is 1. The molecule has 2 rings (SSSR count). The lowest BCUT2D eigenvalue weighted by Gasteiger charge is -2.22. The summed E-state index contributed by atoms with van der Waals surface area (Å²) in [4.78, 5) is 11.3. The molecule has 0 amide bonds. The van der Waals surface area contributed by atoms with Crippen molar-refractivity contribution < 1.29 is 14.6 Å². The summed E-state index contributed by atoms with van der Waals surface area (Å²) in [5.74, 6) is -0.143. The lowest BCUT2D eigenvalue weighted by Crippen LogP contribution is -2.20. The highest BCUT2D eigenvalue weighted by atomic mass is 16.6. The van der Waals surface area contributed by atoms with Crippen LogP contribution >= 0.6 is 0 Å². The molecule has 1 atom stereocenters. The third kappa shape index (κ3) is 1.61. The first-order chi connectivity index (χ1) is 7.01. The van der Waals surface area contributed by atoms with E-state index in [1.807, 2.05) is 6.92 Å². The average Bonchev–Trinajstić information content (AvgIpc) is 2.43. The molecular weight excluding hydrogens is 192 g/mol. The normalized spacial score (nSPS) is 25.4. The minimum Gasteiger partial charge on any atom is -0.508 e. The van der Waals surface area contributed by atoms with Crippen LogP contribution in [0.25, 0.3) is 0 Å². The summed E-state index contributed by atoms with van der Waals surface area (Å²) >= 11 is 0. The lowest BCUT2D eigenvalue weighted by molar-refractivity contribution is -0.145. The van der Waals surface area contributed by atoms with E-state index in [0.29, 0.717) is 12.0 Å². The summed E-state index contributed by atoms with van der Waals surface area (Å²) in [5, 5.41) is 9.16. The van der Waals surface area contributed by atoms with Crippen molar-refractivity contribution in [3.63, 3.8) is 0 Å². The van der Waals surface area contributed by atoms with Crippen LogP contribution in [0, 0.1) is 0 Å². The van der Waals surface area contributed by atoms with Crippen LogP contribution in [0.15, 0.2) is 36.4 Å². The van der Waals surface area contributed by atoms with Crippen molar-refractivity contribution in [3.8, 4) is 5.75 Å². The maximum atomic E-state index is 11.3. The summed E-state index contributed by atoms with van der Waals surface area (Å²) in [6.45, 7) is 5.49. The van der Waals surface area contributed by atoms with Crippen LogP contribution in [0.1, 0.15) is 18.9 Å². The van der Waals surface area contributed by atoms with Crippen LogP contribution in [-0.4, -0.2) is 11.1 Å². The molecule has 1 unspecified atom stereocenters. The minimum absolute atomic E-state index is 0.200. The molecule has 0 radical (unpaired) electrons. The van der Waals surface area contributed by atoms with E-state index in [-0.39, 0.29) is 11.7 Å². The highest BCUT2D eigenvalue weighted by Gasteiger charge is 2.39. The van der Waals surface area contributed by atoms with Crippen LogP contribution in [0.2, 0.25) is 0 Å². The number of hydrogen-bond acceptors (Lipinski definition) is 3. The fourth-order valence-corrected chi connectivity index (χ4v) is 1.77. The van der Waals surface area contributed by atoms with Crippen molar-refractivity contribution in [3.05, 3.63) is 42.0 Å². The molecular formula is C12H12O3. The van der Waals surface area contributed by atoms with Crippen molar-refractivity contribution in [2.75, 3.05) is 0 Å². The van der Waals surface area contributed by atoms with E-state index in [1.165, 1.54) is 0 Å². The maximum Gasteiger partial charge on any atom is 0.334 e. The largest absolute Gasteiger partial charge is 0.508 e. The zero-order valence-corrected chi connectivity index (χ0v) is 8.49. The molecule has 1 aliphatic rings. The van der Waals surface area contributed by atoms with Gasteiger partial charge in [0.2, 0.25) is 0 Å². The second-order valence-electron chi connectivity index (χ2n) is 3.95. The number of carbonyl (C=O) groups excluding carboxylic acids is 1. The molecule has 0 saturated carbocycles. The molecule has 0 aromatic heterocycles. The van der Waals surface area contributed by atoms with Crippen LogP contribution < -0.4 is 0 Å². The van der Waals surface area contributed by atoms with E-state index < -0.39 is 5.60 Å². The third-order valence-corrected chi connectivity index (χ3v) is 2.64. The molecule has 3 heteroatoms. The standard InChI is InChI=1S/C12H12O3/c1-8-7-12(2,15-11(8)14)9-3-5-10(13)6-4-9/h3-6,13H,1,7H2,2H3. The monoisotopic (exact) mass is 204 g/mol. The molecule has 0 bridgehead atoms. The third-order valence-electron chi connectivity index (χ3n) is 2.64. The van der Waals surface area contributed by atoms with E-state index in [9.17, 15) is 4.79 Å². The van der Waals surface area contributed by atoms with Crippen LogP contribution in [-0.2, 0) is 15.1 Å². The molecule has 0 aliphatic carbocycles. The first-order valence-electron chi connectivity index (χ1n) is 4.72. The maximum absolute atomic E-state index is 11.3. The Morgan fingerprint density at radius 1 is 1.40 bits per heavy atom. The summed E-state index contributed by atoms with van der Waals surface area (Å²) in [6, 6.07) is 6.66. The van der Waals surface area contributed by atoms with Crippen LogP contribution in [0.5, 0.6) is 5.75 Å². The summed E-state index contributed by atoms with van der Waals surface area (Å²) < 4.78 is 5.27. The fraction of sp³-hybridized carbons (Fsp3) is 0.250. The van der Waals surface area contributed by atoms with Gasteiger partial charge < -0.3 is 9.84 Å². The Morgan fingerprint density at radius 2 is 2.00 bits per heavy atom. The van der Waals surface area contributed by atoms with Crippen molar-refractivity contribution in [2.45, 2.75) is 18.9 Å². The molecule has 1 N–H and O–H groups in total. The van der Waals surface area contributed by atoms with Crippen molar-refractivity contribution in [2.24, 2.45) is 0 Å². The highest BCUT2D eigenvalue weighted by Crippen LogP contribution is 2.38. The molecule has 1 heterocycles. The Morgan fingerprint density at radius 3 is 2.47 bits per heavy atom. The summed E-state index contributed by atoms with van der Waals surface area (Å²) in [5.41, 5.74) is 0.722. The predicted molar refractivity (Wildman–Crippen MR) is 55.3 cm³/mol. The second-order valence-corrected chi connectivity index (χ2v) is 3.95. The van der Waals surface area contributed by atoms with Gasteiger partial charge in [0.25, 0.3) is 0 Å². The van der Waals surface area contributed by atoms with Crippen molar-refractivity contribution in [1.82, 2.24) is 0 Å². The lowest BCUT2D eigenvalue weighted by atomic mass is 9.92. The SMILES string of the molecule is C=C1CC(C)(c2ccc(O)cc2)OC1=O. The molecule has 15 heavy (non-hydrogen) atoms. The molecule has 78 valence electrons. The smallest absolute Gasteiger partial charge is 0.334 e. The van der Waals surface area contributed by atoms with Gasteiger partial charge in [-0.1, -0.05) is 18.7 Å². The number of esters is 1. The van der Waals surface area contributed by atoms with Gasteiger partial charge in [-0.05, 0) is 24.6 Å². The Bertz CT molecular complexity index is 401. The van der Waals surface area contributed by atoms with E-state index in [0.717, 1.165) is 5.56 Å². The van der Waals surface area contributed by atoms with Gasteiger partial charge in [0, 0.05) is 12.0 Å². The molecule has 1 aromatic carbocycles. The first-order valence-corrected chi connectivity index (χ1v) is 4.72. The van der Waals surface area contributed by atoms with Gasteiger partial charge in [-0.2, -0.15) is 0 Å². The summed E-state index contributed by atoms with van der Waals surface area (Å²) in [6.07, 6.45) is 0.497. The molecule has 1 aromatic rings. The minimum atomic E-state index is -0.637. The van der Waals surface area contributed by atoms with Gasteiger partial charge in [-0.3, -0.25) is 0 Å². The zero-order chi connectivity index (χ0) is 11.1. The van der Waals surface area contributed by atoms with E-state index in [1.54, 1.807) is 24.3 Å². The number of ether oxygens (including phenoxy) is 1. The number of benzene rings is 1. The van der Waals surface area contributed by atoms with Gasteiger partial charge in [0.1, 0.15) is 11.4 Å². The topological polar surface area (TPSA) is 46.5 Å². The number of phenolic OH excluding ortho intramolecular Hbond substituents is 1. The van der Waals surface area contributed by atoms with E-state index in [2.05, 4.69) is 6.58 Å². The Hall–Kier alpha value is -1.77. The highest BCUT2D eigenvalue weighted by molar-refractivity contribution is 5.90. The number of aromatic hydroxyl groups is 1. The van der Waals surface area contributed by atoms with Crippen LogP contribution in [0.3, 0.4) is 0 Å². The molecule has 1 saturated heterocycles. The Kier molecular flexibility index (Phi) is 2.03. The Balaban J connectivity index is 2.35. The van der Waals surface area contributed by atoms with Crippen molar-refractivity contribution >= 4 is 5.97 Å². The number of rotatable bonds is 1. The molecule has 1 aliphatic heterocycles. The number of hydrogen-bond donors (Lipinski definition) is 1. The number of carbonyl (C=O) groups is 1. The van der Waals surface area contributed by atoms with E-state index >= 15 is 0 Å². The quantitative estimate of drug-likeness (QED) is 0.563. The van der Waals surface area contributed by atoms with Gasteiger partial charge in [-0.25, -0.2) is 4.79 Å². The molecule has 1 fully saturated rings. The molecule has 3 nitrogen and oxygen atoms in total. The van der Waals surface area contributed by atoms with Gasteiger partial charge in [0.05, 0.1) is 0 Å². The van der Waals surface area contributed by atoms with Gasteiger partial charge >= 0.3 is 5.97 Å². The second kappa shape index (κ2) is 3.12. The van der Waals surface area contributed by atoms with Gasteiger partial charge in [-0.15, -0.1) is 0 Å². The summed E-state index contributed by atoms with van der Waals surface area (Å²) in [7, 11) is 0. The Labute approximate surface area is 88.0 Å². The van der Waals surface area contributed by atoms with Crippen LogP contribution in [0.4, 0.5) is 0 Å². The zero-order valence-electron chi connectivity index (χ0n) is 8.49. The average molecular weight is 204 g/mol.